The highest BCUT2D eigenvalue weighted by molar-refractivity contribution is 5.78. The largest absolute Gasteiger partial charge is 0.341 e. The van der Waals surface area contributed by atoms with E-state index in [0.717, 1.165) is 37.7 Å². The fraction of sp³-hybridized carbons (Fsp3) is 0.652. The van der Waals surface area contributed by atoms with E-state index in [1.54, 1.807) is 4.90 Å². The van der Waals surface area contributed by atoms with Gasteiger partial charge in [-0.2, -0.15) is 0 Å². The first-order valence-electron chi connectivity index (χ1n) is 11.1. The molecule has 2 aliphatic rings. The minimum atomic E-state index is -0.0409. The van der Waals surface area contributed by atoms with Crippen LogP contribution >= 0.6 is 0 Å². The lowest BCUT2D eigenvalue weighted by molar-refractivity contribution is -0.130. The highest BCUT2D eigenvalue weighted by Gasteiger charge is 2.24. The van der Waals surface area contributed by atoms with Crippen LogP contribution in [0.5, 0.6) is 0 Å². The monoisotopic (exact) mass is 400 g/mol. The maximum absolute atomic E-state index is 12.4. The lowest BCUT2D eigenvalue weighted by atomic mass is 9.89. The fourth-order valence-corrected chi connectivity index (χ4v) is 4.39. The van der Waals surface area contributed by atoms with Gasteiger partial charge in [0.15, 0.2) is 0 Å². The summed E-state index contributed by atoms with van der Waals surface area (Å²) in [5.74, 6) is 0.898. The SMILES string of the molecule is CN(Cc1ccccc1)C(=O)CCNC(=O)N1CCN(CC2CCCCC2)CC1. The molecule has 3 rings (SSSR count). The Hall–Kier alpha value is -2.08. The summed E-state index contributed by atoms with van der Waals surface area (Å²) in [6.07, 6.45) is 7.23. The van der Waals surface area contributed by atoms with Gasteiger partial charge in [0.1, 0.15) is 0 Å². The van der Waals surface area contributed by atoms with E-state index in [9.17, 15) is 9.59 Å². The van der Waals surface area contributed by atoms with Crippen LogP contribution in [0.4, 0.5) is 4.79 Å². The Kier molecular flexibility index (Phi) is 8.35. The van der Waals surface area contributed by atoms with Crippen molar-refractivity contribution >= 4 is 11.9 Å². The molecule has 6 nitrogen and oxygen atoms in total. The third-order valence-electron chi connectivity index (χ3n) is 6.20. The molecule has 2 fully saturated rings. The molecule has 0 atom stereocenters. The van der Waals surface area contributed by atoms with Crippen LogP contribution in [0, 0.1) is 5.92 Å². The Morgan fingerprint density at radius 3 is 2.41 bits per heavy atom. The topological polar surface area (TPSA) is 55.9 Å². The number of hydrogen-bond donors (Lipinski definition) is 1. The van der Waals surface area contributed by atoms with Crippen molar-refractivity contribution in [3.63, 3.8) is 0 Å². The van der Waals surface area contributed by atoms with Crippen molar-refractivity contribution in [3.05, 3.63) is 35.9 Å². The van der Waals surface area contributed by atoms with Gasteiger partial charge in [-0.3, -0.25) is 9.69 Å². The number of urea groups is 1. The van der Waals surface area contributed by atoms with E-state index >= 15 is 0 Å². The highest BCUT2D eigenvalue weighted by Crippen LogP contribution is 2.24. The minimum Gasteiger partial charge on any atom is -0.341 e. The van der Waals surface area contributed by atoms with Crippen LogP contribution in [0.15, 0.2) is 30.3 Å². The average Bonchev–Trinajstić information content (AvgIpc) is 2.75. The van der Waals surface area contributed by atoms with Crippen molar-refractivity contribution in [2.24, 2.45) is 5.92 Å². The van der Waals surface area contributed by atoms with E-state index in [4.69, 9.17) is 0 Å². The molecule has 1 saturated carbocycles. The van der Waals surface area contributed by atoms with Crippen LogP contribution in [0.1, 0.15) is 44.1 Å². The first kappa shape index (κ1) is 21.6. The number of carbonyl (C=O) groups excluding carboxylic acids is 2. The van der Waals surface area contributed by atoms with Gasteiger partial charge in [0.25, 0.3) is 0 Å². The number of amides is 3. The summed E-state index contributed by atoms with van der Waals surface area (Å²) in [5.41, 5.74) is 1.11. The van der Waals surface area contributed by atoms with E-state index < -0.39 is 0 Å². The number of carbonyl (C=O) groups is 2. The van der Waals surface area contributed by atoms with Gasteiger partial charge < -0.3 is 15.1 Å². The predicted molar refractivity (Wildman–Crippen MR) is 116 cm³/mol. The number of benzene rings is 1. The zero-order chi connectivity index (χ0) is 20.5. The van der Waals surface area contributed by atoms with Crippen molar-refractivity contribution in [1.29, 1.82) is 0 Å². The first-order valence-corrected chi connectivity index (χ1v) is 11.1. The van der Waals surface area contributed by atoms with Crippen molar-refractivity contribution < 1.29 is 9.59 Å². The van der Waals surface area contributed by atoms with Crippen LogP contribution in [-0.4, -0.2) is 73.0 Å². The molecule has 0 spiro atoms. The normalized spacial score (nSPS) is 18.4. The van der Waals surface area contributed by atoms with Crippen LogP contribution in [0.25, 0.3) is 0 Å². The third-order valence-corrected chi connectivity index (χ3v) is 6.20. The van der Waals surface area contributed by atoms with Gasteiger partial charge in [-0.25, -0.2) is 4.79 Å². The van der Waals surface area contributed by atoms with Gasteiger partial charge in [0.2, 0.25) is 5.91 Å². The quantitative estimate of drug-likeness (QED) is 0.766. The molecule has 160 valence electrons. The van der Waals surface area contributed by atoms with E-state index in [-0.39, 0.29) is 11.9 Å². The van der Waals surface area contributed by atoms with Crippen LogP contribution < -0.4 is 5.32 Å². The highest BCUT2D eigenvalue weighted by atomic mass is 16.2. The van der Waals surface area contributed by atoms with E-state index in [0.29, 0.717) is 19.5 Å². The molecule has 3 amide bonds. The molecule has 1 aromatic rings. The molecule has 1 saturated heterocycles. The lowest BCUT2D eigenvalue weighted by Gasteiger charge is -2.37. The van der Waals surface area contributed by atoms with Gasteiger partial charge in [-0.05, 0) is 24.3 Å². The Bertz CT molecular complexity index is 638. The fourth-order valence-electron chi connectivity index (χ4n) is 4.39. The van der Waals surface area contributed by atoms with Crippen molar-refractivity contribution in [3.8, 4) is 0 Å². The number of piperazine rings is 1. The number of hydrogen-bond acceptors (Lipinski definition) is 3. The molecule has 1 aliphatic carbocycles. The Morgan fingerprint density at radius 1 is 1.03 bits per heavy atom. The van der Waals surface area contributed by atoms with Crippen molar-refractivity contribution in [2.75, 3.05) is 46.3 Å². The third kappa shape index (κ3) is 7.03. The zero-order valence-electron chi connectivity index (χ0n) is 17.8. The molecule has 0 bridgehead atoms. The van der Waals surface area contributed by atoms with Crippen LogP contribution in [0.3, 0.4) is 0 Å². The minimum absolute atomic E-state index is 0.0409. The molecule has 6 heteroatoms. The molecule has 0 unspecified atom stereocenters. The summed E-state index contributed by atoms with van der Waals surface area (Å²) < 4.78 is 0. The summed E-state index contributed by atoms with van der Waals surface area (Å²) in [6, 6.07) is 9.90. The molecule has 1 aliphatic heterocycles. The molecule has 0 aromatic heterocycles. The molecule has 1 heterocycles. The standard InChI is InChI=1S/C23H36N4O2/c1-25(18-20-8-4-2-5-9-20)22(28)12-13-24-23(29)27-16-14-26(15-17-27)19-21-10-6-3-7-11-21/h2,4-5,8-9,21H,3,6-7,10-19H2,1H3,(H,24,29). The smallest absolute Gasteiger partial charge is 0.317 e. The van der Waals surface area contributed by atoms with Crippen molar-refractivity contribution in [1.82, 2.24) is 20.0 Å². The second-order valence-corrected chi connectivity index (χ2v) is 8.51. The number of rotatable bonds is 7. The molecule has 0 radical (unpaired) electrons. The van der Waals surface area contributed by atoms with Gasteiger partial charge in [0, 0.05) is 59.3 Å². The average molecular weight is 401 g/mol. The summed E-state index contributed by atoms with van der Waals surface area (Å²) in [4.78, 5) is 30.8. The summed E-state index contributed by atoms with van der Waals surface area (Å²) in [6.45, 7) is 5.65. The first-order chi connectivity index (χ1) is 14.1. The van der Waals surface area contributed by atoms with Crippen molar-refractivity contribution in [2.45, 2.75) is 45.1 Å². The van der Waals surface area contributed by atoms with Gasteiger partial charge in [-0.1, -0.05) is 49.6 Å². The van der Waals surface area contributed by atoms with E-state index in [1.165, 1.54) is 38.6 Å². The molecular weight excluding hydrogens is 364 g/mol. The Labute approximate surface area is 175 Å². The zero-order valence-corrected chi connectivity index (χ0v) is 17.8. The number of nitrogens with one attached hydrogen (secondary N) is 1. The Morgan fingerprint density at radius 2 is 1.72 bits per heavy atom. The second kappa shape index (κ2) is 11.2. The van der Waals surface area contributed by atoms with E-state index in [2.05, 4.69) is 10.2 Å². The molecule has 1 N–H and O–H groups in total. The molecule has 1 aromatic carbocycles. The molecular formula is C23H36N4O2. The van der Waals surface area contributed by atoms with Crippen LogP contribution in [-0.2, 0) is 11.3 Å². The summed E-state index contributed by atoms with van der Waals surface area (Å²) in [7, 11) is 1.81. The maximum atomic E-state index is 12.4. The predicted octanol–water partition coefficient (Wildman–Crippen LogP) is 2.94. The van der Waals surface area contributed by atoms with Gasteiger partial charge in [-0.15, -0.1) is 0 Å². The second-order valence-electron chi connectivity index (χ2n) is 8.51. The lowest BCUT2D eigenvalue weighted by Crippen LogP contribution is -2.52. The summed E-state index contributed by atoms with van der Waals surface area (Å²) in [5, 5.41) is 2.92. The molecule has 29 heavy (non-hydrogen) atoms. The summed E-state index contributed by atoms with van der Waals surface area (Å²) >= 11 is 0. The Balaban J connectivity index is 1.30. The van der Waals surface area contributed by atoms with Crippen LogP contribution in [0.2, 0.25) is 0 Å². The number of nitrogens with zero attached hydrogens (tertiary/aromatic N) is 3. The van der Waals surface area contributed by atoms with Gasteiger partial charge >= 0.3 is 6.03 Å². The van der Waals surface area contributed by atoms with Gasteiger partial charge in [0.05, 0.1) is 0 Å². The van der Waals surface area contributed by atoms with E-state index in [1.807, 2.05) is 42.3 Å². The maximum Gasteiger partial charge on any atom is 0.317 e.